The standard InChI is InChI=1S/C4H10O4.C4H10O2S2/c5-1-3(7)4(8)2-6;5-3(1-7)4(6)2-8/h2*3-8H,1-2H2. The molecule has 0 saturated heterocycles. The third-order valence-electron chi connectivity index (χ3n) is 1.64. The lowest BCUT2D eigenvalue weighted by Gasteiger charge is -2.11. The predicted octanol–water partition coefficient (Wildman–Crippen LogP) is -2.74. The van der Waals surface area contributed by atoms with Gasteiger partial charge in [-0.3, -0.25) is 0 Å². The zero-order valence-corrected chi connectivity index (χ0v) is 10.5. The monoisotopic (exact) mass is 276 g/mol. The van der Waals surface area contributed by atoms with Crippen LogP contribution in [0.3, 0.4) is 0 Å². The predicted molar refractivity (Wildman–Crippen MR) is 65.9 cm³/mol. The Labute approximate surface area is 105 Å². The molecule has 0 fully saturated rings. The minimum atomic E-state index is -1.22. The molecule has 0 aromatic heterocycles. The molecule has 0 aliphatic carbocycles. The third-order valence-corrected chi connectivity index (χ3v) is 2.38. The Kier molecular flexibility index (Phi) is 14.0. The van der Waals surface area contributed by atoms with Gasteiger partial charge < -0.3 is 30.6 Å². The molecule has 16 heavy (non-hydrogen) atoms. The van der Waals surface area contributed by atoms with Crippen LogP contribution in [0, 0.1) is 0 Å². The summed E-state index contributed by atoms with van der Waals surface area (Å²) in [4.78, 5) is 0. The number of hydrogen-bond acceptors (Lipinski definition) is 8. The van der Waals surface area contributed by atoms with Gasteiger partial charge in [0.1, 0.15) is 12.2 Å². The van der Waals surface area contributed by atoms with E-state index in [1.807, 2.05) is 0 Å². The van der Waals surface area contributed by atoms with E-state index in [-0.39, 0.29) is 11.5 Å². The summed E-state index contributed by atoms with van der Waals surface area (Å²) < 4.78 is 0. The van der Waals surface area contributed by atoms with Crippen LogP contribution >= 0.6 is 25.3 Å². The smallest absolute Gasteiger partial charge is 0.105 e. The zero-order chi connectivity index (χ0) is 13.1. The minimum Gasteiger partial charge on any atom is -0.394 e. The van der Waals surface area contributed by atoms with Gasteiger partial charge in [-0.15, -0.1) is 0 Å². The molecule has 4 unspecified atom stereocenters. The Morgan fingerprint density at radius 1 is 0.625 bits per heavy atom. The highest BCUT2D eigenvalue weighted by molar-refractivity contribution is 7.80. The lowest BCUT2D eigenvalue weighted by Crippen LogP contribution is -2.31. The molecule has 0 bridgehead atoms. The maximum absolute atomic E-state index is 8.75. The highest BCUT2D eigenvalue weighted by atomic mass is 32.1. The summed E-state index contributed by atoms with van der Waals surface area (Å²) in [6.45, 7) is -1.05. The van der Waals surface area contributed by atoms with Gasteiger partial charge in [0.05, 0.1) is 25.4 Å². The van der Waals surface area contributed by atoms with Crippen molar-refractivity contribution in [3.8, 4) is 0 Å². The fourth-order valence-corrected chi connectivity index (χ4v) is 0.973. The summed E-state index contributed by atoms with van der Waals surface area (Å²) in [7, 11) is 0. The van der Waals surface area contributed by atoms with E-state index >= 15 is 0 Å². The quantitative estimate of drug-likeness (QED) is 0.249. The van der Waals surface area contributed by atoms with Crippen LogP contribution in [0.5, 0.6) is 0 Å². The summed E-state index contributed by atoms with van der Waals surface area (Å²) >= 11 is 7.53. The first-order valence-corrected chi connectivity index (χ1v) is 5.86. The Bertz CT molecular complexity index is 118. The summed E-state index contributed by atoms with van der Waals surface area (Å²) in [6.07, 6.45) is -3.92. The average Bonchev–Trinajstić information content (AvgIpc) is 2.35. The number of thiol groups is 2. The second-order valence-electron chi connectivity index (χ2n) is 3.00. The lowest BCUT2D eigenvalue weighted by molar-refractivity contribution is -0.0388. The first-order chi connectivity index (χ1) is 7.44. The molecule has 0 heterocycles. The minimum absolute atomic E-state index is 0.279. The molecule has 6 N–H and O–H groups in total. The zero-order valence-electron chi connectivity index (χ0n) is 8.72. The Balaban J connectivity index is 0. The number of rotatable bonds is 6. The van der Waals surface area contributed by atoms with Crippen LogP contribution in [0.4, 0.5) is 0 Å². The average molecular weight is 276 g/mol. The molecule has 0 aliphatic heterocycles. The SMILES string of the molecule is OC(CS)C(O)CS.OCC(O)C(O)CO. The molecule has 0 saturated carbocycles. The van der Waals surface area contributed by atoms with Crippen LogP contribution in [-0.2, 0) is 0 Å². The number of aliphatic hydroxyl groups is 6. The summed E-state index contributed by atoms with van der Waals surface area (Å²) in [6, 6.07) is 0. The Hall–Kier alpha value is 0.460. The van der Waals surface area contributed by atoms with Crippen LogP contribution in [0.25, 0.3) is 0 Å². The maximum Gasteiger partial charge on any atom is 0.105 e. The van der Waals surface area contributed by atoms with Gasteiger partial charge in [0.15, 0.2) is 0 Å². The maximum atomic E-state index is 8.75. The second-order valence-corrected chi connectivity index (χ2v) is 3.73. The van der Waals surface area contributed by atoms with Gasteiger partial charge in [0.25, 0.3) is 0 Å². The van der Waals surface area contributed by atoms with Crippen LogP contribution in [0.15, 0.2) is 0 Å². The lowest BCUT2D eigenvalue weighted by atomic mass is 10.2. The Morgan fingerprint density at radius 3 is 1.00 bits per heavy atom. The van der Waals surface area contributed by atoms with E-state index in [4.69, 9.17) is 30.6 Å². The van der Waals surface area contributed by atoms with E-state index in [1.54, 1.807) is 0 Å². The van der Waals surface area contributed by atoms with Crippen molar-refractivity contribution in [1.29, 1.82) is 0 Å². The van der Waals surface area contributed by atoms with E-state index in [2.05, 4.69) is 25.3 Å². The molecule has 100 valence electrons. The third kappa shape index (κ3) is 9.67. The van der Waals surface area contributed by atoms with E-state index < -0.39 is 37.6 Å². The molecule has 6 nitrogen and oxygen atoms in total. The topological polar surface area (TPSA) is 121 Å². The van der Waals surface area contributed by atoms with Crippen molar-refractivity contribution >= 4 is 25.3 Å². The van der Waals surface area contributed by atoms with Crippen LogP contribution in [0.1, 0.15) is 0 Å². The fourth-order valence-electron chi connectivity index (χ4n) is 0.487. The number of aliphatic hydroxyl groups excluding tert-OH is 6. The van der Waals surface area contributed by atoms with Crippen molar-refractivity contribution in [2.45, 2.75) is 24.4 Å². The van der Waals surface area contributed by atoms with Gasteiger partial charge >= 0.3 is 0 Å². The molecule has 8 heteroatoms. The van der Waals surface area contributed by atoms with Crippen molar-refractivity contribution in [1.82, 2.24) is 0 Å². The van der Waals surface area contributed by atoms with E-state index in [0.29, 0.717) is 0 Å². The number of hydrogen-bond donors (Lipinski definition) is 8. The van der Waals surface area contributed by atoms with Gasteiger partial charge in [-0.1, -0.05) is 0 Å². The molecule has 0 radical (unpaired) electrons. The van der Waals surface area contributed by atoms with Gasteiger partial charge in [-0.25, -0.2) is 0 Å². The van der Waals surface area contributed by atoms with E-state index in [0.717, 1.165) is 0 Å². The molecule has 0 aromatic carbocycles. The normalized spacial score (nSPS) is 18.0. The fraction of sp³-hybridized carbons (Fsp3) is 1.00. The van der Waals surface area contributed by atoms with Crippen molar-refractivity contribution in [2.24, 2.45) is 0 Å². The molecule has 0 spiro atoms. The molecular weight excluding hydrogens is 256 g/mol. The van der Waals surface area contributed by atoms with E-state index in [9.17, 15) is 0 Å². The molecule has 0 amide bonds. The summed E-state index contributed by atoms with van der Waals surface area (Å²) in [5.41, 5.74) is 0. The van der Waals surface area contributed by atoms with Gasteiger partial charge in [0, 0.05) is 11.5 Å². The molecule has 0 aliphatic rings. The van der Waals surface area contributed by atoms with Crippen molar-refractivity contribution < 1.29 is 30.6 Å². The first-order valence-electron chi connectivity index (χ1n) is 4.60. The van der Waals surface area contributed by atoms with E-state index in [1.165, 1.54) is 0 Å². The highest BCUT2D eigenvalue weighted by Gasteiger charge is 2.12. The van der Waals surface area contributed by atoms with Crippen LogP contribution < -0.4 is 0 Å². The van der Waals surface area contributed by atoms with Crippen LogP contribution in [-0.4, -0.2) is 79.8 Å². The molecular formula is C8H20O6S2. The highest BCUT2D eigenvalue weighted by Crippen LogP contribution is 1.96. The Morgan fingerprint density at radius 2 is 0.875 bits per heavy atom. The first kappa shape index (κ1) is 18.8. The molecule has 0 rings (SSSR count). The second kappa shape index (κ2) is 11.9. The van der Waals surface area contributed by atoms with Gasteiger partial charge in [-0.2, -0.15) is 25.3 Å². The summed E-state index contributed by atoms with van der Waals surface area (Å²) in [5.74, 6) is 0.559. The summed E-state index contributed by atoms with van der Waals surface area (Å²) in [5, 5.41) is 50.7. The molecule has 4 atom stereocenters. The van der Waals surface area contributed by atoms with Gasteiger partial charge in [-0.05, 0) is 0 Å². The largest absolute Gasteiger partial charge is 0.394 e. The van der Waals surface area contributed by atoms with Crippen molar-refractivity contribution in [2.75, 3.05) is 24.7 Å². The van der Waals surface area contributed by atoms with Crippen molar-refractivity contribution in [3.05, 3.63) is 0 Å². The van der Waals surface area contributed by atoms with Gasteiger partial charge in [0.2, 0.25) is 0 Å². The van der Waals surface area contributed by atoms with Crippen molar-refractivity contribution in [3.63, 3.8) is 0 Å². The molecule has 0 aromatic rings. The van der Waals surface area contributed by atoms with Crippen LogP contribution in [0.2, 0.25) is 0 Å².